The number of anilines is 1. The second kappa shape index (κ2) is 9.35. The molecule has 1 fully saturated rings. The van der Waals surface area contributed by atoms with Gasteiger partial charge in [0.1, 0.15) is 12.0 Å². The number of para-hydroxylation sites is 1. The van der Waals surface area contributed by atoms with E-state index in [0.717, 1.165) is 22.9 Å². The van der Waals surface area contributed by atoms with E-state index in [1.807, 2.05) is 0 Å². The van der Waals surface area contributed by atoms with Crippen LogP contribution < -0.4 is 14.4 Å². The molecule has 1 aliphatic rings. The Morgan fingerprint density at radius 3 is 2.64 bits per heavy atom. The van der Waals surface area contributed by atoms with Gasteiger partial charge in [0.2, 0.25) is 5.88 Å². The summed E-state index contributed by atoms with van der Waals surface area (Å²) in [5, 5.41) is 10.8. The number of hydrogen-bond donors (Lipinski definition) is 0. The number of benzene rings is 2. The minimum Gasteiger partial charge on any atom is -0.493 e. The van der Waals surface area contributed by atoms with Crippen molar-refractivity contribution in [1.29, 1.82) is 0 Å². The summed E-state index contributed by atoms with van der Waals surface area (Å²) in [5.41, 5.74) is 0.572. The molecule has 4 rings (SSSR count). The summed E-state index contributed by atoms with van der Waals surface area (Å²) in [6.45, 7) is 0. The second-order valence-corrected chi connectivity index (χ2v) is 8.27. The predicted octanol–water partition coefficient (Wildman–Crippen LogP) is 5.34. The highest BCUT2D eigenvalue weighted by Crippen LogP contribution is 2.38. The third-order valence-corrected chi connectivity index (χ3v) is 5.82. The van der Waals surface area contributed by atoms with Gasteiger partial charge in [0, 0.05) is 12.1 Å². The quantitative estimate of drug-likeness (QED) is 0.201. The van der Waals surface area contributed by atoms with Gasteiger partial charge in [-0.05, 0) is 35.9 Å². The molecule has 1 aromatic heterocycles. The van der Waals surface area contributed by atoms with E-state index >= 15 is 0 Å². The van der Waals surface area contributed by atoms with Crippen LogP contribution in [0.15, 0.2) is 65.7 Å². The van der Waals surface area contributed by atoms with Crippen LogP contribution in [0.5, 0.6) is 17.4 Å². The van der Waals surface area contributed by atoms with Crippen LogP contribution in [0.2, 0.25) is 0 Å². The minimum absolute atomic E-state index is 0.0975. The highest BCUT2D eigenvalue weighted by atomic mass is 32.2. The topological polar surface area (TPSA) is 94.8 Å². The highest BCUT2D eigenvalue weighted by molar-refractivity contribution is 8.27. The zero-order valence-corrected chi connectivity index (χ0v) is 18.6. The lowest BCUT2D eigenvalue weighted by Gasteiger charge is -2.14. The van der Waals surface area contributed by atoms with Gasteiger partial charge in [0.25, 0.3) is 11.6 Å². The first-order valence-corrected chi connectivity index (χ1v) is 10.6. The molecular formula is C22H14FN3O5S2. The first-order chi connectivity index (χ1) is 15.9. The lowest BCUT2D eigenvalue weighted by Crippen LogP contribution is -2.28. The van der Waals surface area contributed by atoms with Gasteiger partial charge in [0.15, 0.2) is 15.8 Å². The van der Waals surface area contributed by atoms with Crippen LogP contribution in [0.1, 0.15) is 5.56 Å². The van der Waals surface area contributed by atoms with Gasteiger partial charge in [-0.1, -0.05) is 42.2 Å². The standard InChI is InChI=1S/C22H14FN3O5S2/c1-30-18-10-13(6-8-17(18)31-20-9-7-14(12-24-20)26(28)29)11-19-21(27)25(22(32)33-19)16-5-3-2-4-15(16)23/h2-12H,1H3/b19-11-. The summed E-state index contributed by atoms with van der Waals surface area (Å²) in [4.78, 5) is 28.5. The molecule has 2 aromatic carbocycles. The molecule has 8 nitrogen and oxygen atoms in total. The molecule has 0 saturated carbocycles. The van der Waals surface area contributed by atoms with Crippen LogP contribution in [0, 0.1) is 15.9 Å². The van der Waals surface area contributed by atoms with E-state index in [9.17, 15) is 19.3 Å². The molecule has 33 heavy (non-hydrogen) atoms. The number of thiocarbonyl (C=S) groups is 1. The van der Waals surface area contributed by atoms with Crippen molar-refractivity contribution in [3.8, 4) is 17.4 Å². The van der Waals surface area contributed by atoms with Crippen molar-refractivity contribution in [3.63, 3.8) is 0 Å². The van der Waals surface area contributed by atoms with Gasteiger partial charge < -0.3 is 9.47 Å². The van der Waals surface area contributed by atoms with E-state index in [1.165, 1.54) is 37.4 Å². The van der Waals surface area contributed by atoms with Crippen molar-refractivity contribution in [1.82, 2.24) is 4.98 Å². The maximum absolute atomic E-state index is 14.2. The number of aromatic nitrogens is 1. The molecule has 0 spiro atoms. The smallest absolute Gasteiger partial charge is 0.287 e. The lowest BCUT2D eigenvalue weighted by molar-refractivity contribution is -0.385. The molecule has 0 unspecified atom stereocenters. The number of rotatable bonds is 6. The molecule has 166 valence electrons. The molecule has 1 saturated heterocycles. The van der Waals surface area contributed by atoms with Crippen molar-refractivity contribution >= 4 is 51.7 Å². The molecule has 1 amide bonds. The number of nitrogens with zero attached hydrogens (tertiary/aromatic N) is 3. The van der Waals surface area contributed by atoms with Crippen molar-refractivity contribution in [2.75, 3.05) is 12.0 Å². The van der Waals surface area contributed by atoms with Gasteiger partial charge in [-0.15, -0.1) is 0 Å². The maximum atomic E-state index is 14.2. The second-order valence-electron chi connectivity index (χ2n) is 6.59. The van der Waals surface area contributed by atoms with Gasteiger partial charge in [-0.25, -0.2) is 9.37 Å². The number of nitro groups is 1. The van der Waals surface area contributed by atoms with Crippen LogP contribution in [-0.2, 0) is 4.79 Å². The Bertz CT molecular complexity index is 1300. The predicted molar refractivity (Wildman–Crippen MR) is 126 cm³/mol. The van der Waals surface area contributed by atoms with E-state index in [0.29, 0.717) is 22.0 Å². The Balaban J connectivity index is 1.57. The Morgan fingerprint density at radius 1 is 1.18 bits per heavy atom. The Labute approximate surface area is 196 Å². The summed E-state index contributed by atoms with van der Waals surface area (Å²) < 4.78 is 25.4. The SMILES string of the molecule is COc1cc(/C=C2\SC(=S)N(c3ccccc3F)C2=O)ccc1Oc1ccc([N+](=O)[O-])cn1. The van der Waals surface area contributed by atoms with Crippen molar-refractivity contribution in [2.24, 2.45) is 0 Å². The minimum atomic E-state index is -0.555. The number of ether oxygens (including phenoxy) is 2. The van der Waals surface area contributed by atoms with Gasteiger partial charge in [-0.3, -0.25) is 19.8 Å². The molecule has 0 N–H and O–H groups in total. The number of hydrogen-bond acceptors (Lipinski definition) is 8. The van der Waals surface area contributed by atoms with E-state index in [4.69, 9.17) is 21.7 Å². The van der Waals surface area contributed by atoms with Crippen LogP contribution in [0.4, 0.5) is 15.8 Å². The van der Waals surface area contributed by atoms with E-state index in [-0.39, 0.29) is 21.6 Å². The monoisotopic (exact) mass is 483 g/mol. The normalized spacial score (nSPS) is 14.6. The number of methoxy groups -OCH3 is 1. The summed E-state index contributed by atoms with van der Waals surface area (Å²) >= 11 is 6.36. The van der Waals surface area contributed by atoms with Crippen molar-refractivity contribution in [3.05, 3.63) is 87.2 Å². The fourth-order valence-corrected chi connectivity index (χ4v) is 4.26. The molecule has 1 aliphatic heterocycles. The zero-order chi connectivity index (χ0) is 23.5. The average Bonchev–Trinajstić information content (AvgIpc) is 3.08. The summed E-state index contributed by atoms with van der Waals surface area (Å²) in [6.07, 6.45) is 2.71. The first-order valence-electron chi connectivity index (χ1n) is 9.36. The lowest BCUT2D eigenvalue weighted by atomic mass is 10.1. The first kappa shape index (κ1) is 22.4. The summed E-state index contributed by atoms with van der Waals surface area (Å²) in [6, 6.07) is 13.5. The summed E-state index contributed by atoms with van der Waals surface area (Å²) in [5.74, 6) is -0.136. The largest absolute Gasteiger partial charge is 0.493 e. The molecule has 0 atom stereocenters. The number of carbonyl (C=O) groups excluding carboxylic acids is 1. The molecule has 3 aromatic rings. The molecule has 11 heteroatoms. The Hall–Kier alpha value is -3.83. The Kier molecular flexibility index (Phi) is 6.33. The average molecular weight is 484 g/mol. The molecule has 2 heterocycles. The van der Waals surface area contributed by atoms with Crippen LogP contribution in [0.3, 0.4) is 0 Å². The number of halogens is 1. The zero-order valence-electron chi connectivity index (χ0n) is 16.9. The van der Waals surface area contributed by atoms with E-state index in [1.54, 1.807) is 30.3 Å². The molecule has 0 bridgehead atoms. The van der Waals surface area contributed by atoms with Crippen molar-refractivity contribution in [2.45, 2.75) is 0 Å². The number of amides is 1. The number of thioether (sulfide) groups is 1. The number of pyridine rings is 1. The van der Waals surface area contributed by atoms with E-state index in [2.05, 4.69) is 4.98 Å². The molecular weight excluding hydrogens is 469 g/mol. The summed E-state index contributed by atoms with van der Waals surface area (Å²) in [7, 11) is 1.45. The van der Waals surface area contributed by atoms with Crippen LogP contribution >= 0.6 is 24.0 Å². The van der Waals surface area contributed by atoms with Gasteiger partial charge in [-0.2, -0.15) is 0 Å². The fraction of sp³-hybridized carbons (Fsp3) is 0.0455. The van der Waals surface area contributed by atoms with Gasteiger partial charge >= 0.3 is 0 Å². The van der Waals surface area contributed by atoms with Crippen LogP contribution in [0.25, 0.3) is 6.08 Å². The van der Waals surface area contributed by atoms with E-state index < -0.39 is 16.6 Å². The fourth-order valence-electron chi connectivity index (χ4n) is 2.97. The van der Waals surface area contributed by atoms with Crippen molar-refractivity contribution < 1.29 is 23.6 Å². The maximum Gasteiger partial charge on any atom is 0.287 e. The van der Waals surface area contributed by atoms with Crippen LogP contribution in [-0.4, -0.2) is 27.2 Å². The van der Waals surface area contributed by atoms with Gasteiger partial charge in [0.05, 0.1) is 22.6 Å². The number of carbonyl (C=O) groups is 1. The molecule has 0 radical (unpaired) electrons. The highest BCUT2D eigenvalue weighted by Gasteiger charge is 2.34. The molecule has 0 aliphatic carbocycles. The Morgan fingerprint density at radius 2 is 1.97 bits per heavy atom. The third kappa shape index (κ3) is 4.69. The third-order valence-electron chi connectivity index (χ3n) is 4.52.